The van der Waals surface area contributed by atoms with E-state index in [1.54, 1.807) is 6.92 Å². The molecule has 0 fully saturated rings. The molecule has 2 aromatic rings. The summed E-state index contributed by atoms with van der Waals surface area (Å²) in [4.78, 5) is 11.9. The van der Waals surface area contributed by atoms with Gasteiger partial charge in [0.1, 0.15) is 18.2 Å². The third-order valence-corrected chi connectivity index (χ3v) is 3.67. The zero-order valence-electron chi connectivity index (χ0n) is 15.4. The number of alkyl halides is 3. The van der Waals surface area contributed by atoms with Crippen LogP contribution in [-0.2, 0) is 0 Å². The smallest absolute Gasteiger partial charge is 0.422 e. The first-order valence-electron chi connectivity index (χ1n) is 8.56. The average Bonchev–Trinajstić information content (AvgIpc) is 2.64. The zero-order chi connectivity index (χ0) is 21.4. The number of ether oxygens (including phenoxy) is 2. The maximum absolute atomic E-state index is 13.4. The van der Waals surface area contributed by atoms with Crippen LogP contribution in [0.3, 0.4) is 0 Å². The monoisotopic (exact) mass is 418 g/mol. The molecule has 158 valence electrons. The second-order valence-electron chi connectivity index (χ2n) is 6.02. The van der Waals surface area contributed by atoms with E-state index in [2.05, 4.69) is 15.4 Å². The van der Waals surface area contributed by atoms with Gasteiger partial charge < -0.3 is 20.1 Å². The molecule has 5 nitrogen and oxygen atoms in total. The Morgan fingerprint density at radius 2 is 1.76 bits per heavy atom. The van der Waals surface area contributed by atoms with Gasteiger partial charge in [-0.25, -0.2) is 13.6 Å². The number of rotatable bonds is 8. The maximum Gasteiger partial charge on any atom is 0.422 e. The first-order chi connectivity index (χ1) is 13.6. The van der Waals surface area contributed by atoms with Gasteiger partial charge in [0.2, 0.25) is 0 Å². The van der Waals surface area contributed by atoms with Crippen LogP contribution in [0, 0.1) is 11.6 Å². The van der Waals surface area contributed by atoms with Crippen molar-refractivity contribution in [2.24, 2.45) is 0 Å². The van der Waals surface area contributed by atoms with E-state index in [-0.39, 0.29) is 24.7 Å². The van der Waals surface area contributed by atoms with Crippen LogP contribution in [0.5, 0.6) is 11.5 Å². The highest BCUT2D eigenvalue weighted by Gasteiger charge is 2.28. The van der Waals surface area contributed by atoms with Crippen LogP contribution in [0.25, 0.3) is 0 Å². The number of urea groups is 1. The minimum absolute atomic E-state index is 0.0321. The Morgan fingerprint density at radius 1 is 1.07 bits per heavy atom. The summed E-state index contributed by atoms with van der Waals surface area (Å²) in [5.74, 6) is -1.63. The Bertz CT molecular complexity index is 812. The lowest BCUT2D eigenvalue weighted by atomic mass is 10.1. The summed E-state index contributed by atoms with van der Waals surface area (Å²) in [6, 6.07) is 7.78. The van der Waals surface area contributed by atoms with Crippen molar-refractivity contribution in [2.75, 3.05) is 19.8 Å². The van der Waals surface area contributed by atoms with Crippen molar-refractivity contribution in [3.63, 3.8) is 0 Å². The maximum atomic E-state index is 13.4. The molecule has 2 rings (SSSR count). The molecule has 0 aliphatic carbocycles. The van der Waals surface area contributed by atoms with E-state index in [1.807, 2.05) is 0 Å². The molecule has 10 heteroatoms. The van der Waals surface area contributed by atoms with Gasteiger partial charge in [-0.15, -0.1) is 0 Å². The standard InChI is InChI=1S/C19H19F5N2O3/c1-12(13-2-5-15(6-3-13)29-11-19(22,23)24)26-18(27)25-8-9-28-17-7-4-14(20)10-16(17)21/h2-7,10,12H,8-9,11H2,1H3,(H2,25,26,27). The van der Waals surface area contributed by atoms with Crippen LogP contribution in [0.4, 0.5) is 26.7 Å². The molecule has 1 unspecified atom stereocenters. The number of halogens is 5. The van der Waals surface area contributed by atoms with Crippen molar-refractivity contribution in [3.8, 4) is 11.5 Å². The van der Waals surface area contributed by atoms with Crippen molar-refractivity contribution >= 4 is 6.03 Å². The molecule has 0 aliphatic heterocycles. The van der Waals surface area contributed by atoms with E-state index in [0.29, 0.717) is 11.6 Å². The highest BCUT2D eigenvalue weighted by molar-refractivity contribution is 5.74. The molecule has 0 saturated carbocycles. The van der Waals surface area contributed by atoms with E-state index in [1.165, 1.54) is 24.3 Å². The summed E-state index contributed by atoms with van der Waals surface area (Å²) in [6.07, 6.45) is -4.42. The normalized spacial score (nSPS) is 12.2. The molecular weight excluding hydrogens is 399 g/mol. The van der Waals surface area contributed by atoms with Crippen molar-refractivity contribution in [1.29, 1.82) is 0 Å². The van der Waals surface area contributed by atoms with Crippen molar-refractivity contribution < 1.29 is 36.2 Å². The lowest BCUT2D eigenvalue weighted by Crippen LogP contribution is -2.39. The van der Waals surface area contributed by atoms with Crippen molar-refractivity contribution in [1.82, 2.24) is 10.6 Å². The van der Waals surface area contributed by atoms with Gasteiger partial charge in [0.25, 0.3) is 0 Å². The molecule has 29 heavy (non-hydrogen) atoms. The van der Waals surface area contributed by atoms with Gasteiger partial charge >= 0.3 is 12.2 Å². The molecule has 0 bridgehead atoms. The van der Waals surface area contributed by atoms with Crippen LogP contribution >= 0.6 is 0 Å². The van der Waals surface area contributed by atoms with Gasteiger partial charge in [-0.1, -0.05) is 12.1 Å². The molecule has 0 aliphatic rings. The summed E-state index contributed by atoms with van der Waals surface area (Å²) in [6.45, 7) is 0.344. The Morgan fingerprint density at radius 3 is 2.38 bits per heavy atom. The molecule has 0 radical (unpaired) electrons. The van der Waals surface area contributed by atoms with Crippen LogP contribution < -0.4 is 20.1 Å². The summed E-state index contributed by atoms with van der Waals surface area (Å²) < 4.78 is 72.3. The SMILES string of the molecule is CC(NC(=O)NCCOc1ccc(F)cc1F)c1ccc(OCC(F)(F)F)cc1. The number of carbonyl (C=O) groups is 1. The zero-order valence-corrected chi connectivity index (χ0v) is 15.4. The fourth-order valence-corrected chi connectivity index (χ4v) is 2.27. The summed E-state index contributed by atoms with van der Waals surface area (Å²) in [5, 5.41) is 5.15. The number of carbonyl (C=O) groups excluding carboxylic acids is 1. The lowest BCUT2D eigenvalue weighted by Gasteiger charge is -2.16. The van der Waals surface area contributed by atoms with Gasteiger partial charge in [-0.3, -0.25) is 0 Å². The van der Waals surface area contributed by atoms with Crippen LogP contribution in [0.2, 0.25) is 0 Å². The van der Waals surface area contributed by atoms with Crippen LogP contribution in [0.15, 0.2) is 42.5 Å². The molecule has 2 amide bonds. The first-order valence-corrected chi connectivity index (χ1v) is 8.56. The number of benzene rings is 2. The first kappa shape index (κ1) is 22.3. The van der Waals surface area contributed by atoms with Gasteiger partial charge in [0.15, 0.2) is 18.2 Å². The number of amides is 2. The van der Waals surface area contributed by atoms with E-state index in [9.17, 15) is 26.7 Å². The average molecular weight is 418 g/mol. The van der Waals surface area contributed by atoms with Crippen molar-refractivity contribution in [3.05, 3.63) is 59.7 Å². The van der Waals surface area contributed by atoms with Crippen molar-refractivity contribution in [2.45, 2.75) is 19.1 Å². The Kier molecular flexibility index (Phi) is 7.63. The molecule has 2 N–H and O–H groups in total. The second kappa shape index (κ2) is 9.94. The van der Waals surface area contributed by atoms with Gasteiger partial charge in [0.05, 0.1) is 12.6 Å². The summed E-state index contributed by atoms with van der Waals surface area (Å²) >= 11 is 0. The Hall–Kier alpha value is -3.04. The Balaban J connectivity index is 1.72. The third kappa shape index (κ3) is 7.84. The number of hydrogen-bond acceptors (Lipinski definition) is 3. The molecule has 0 saturated heterocycles. The fourth-order valence-electron chi connectivity index (χ4n) is 2.27. The van der Waals surface area contributed by atoms with E-state index in [4.69, 9.17) is 4.74 Å². The molecule has 1 atom stereocenters. The predicted molar refractivity (Wildman–Crippen MR) is 94.8 cm³/mol. The summed E-state index contributed by atoms with van der Waals surface area (Å²) in [5.41, 5.74) is 0.657. The number of hydrogen-bond donors (Lipinski definition) is 2. The van der Waals surface area contributed by atoms with Gasteiger partial charge in [-0.05, 0) is 36.8 Å². The fraction of sp³-hybridized carbons (Fsp3) is 0.316. The molecule has 0 heterocycles. The van der Waals surface area contributed by atoms with E-state index < -0.39 is 36.5 Å². The largest absolute Gasteiger partial charge is 0.489 e. The van der Waals surface area contributed by atoms with Gasteiger partial charge in [-0.2, -0.15) is 13.2 Å². The number of nitrogens with one attached hydrogen (secondary N) is 2. The highest BCUT2D eigenvalue weighted by Crippen LogP contribution is 2.21. The van der Waals surface area contributed by atoms with Gasteiger partial charge in [0, 0.05) is 6.07 Å². The lowest BCUT2D eigenvalue weighted by molar-refractivity contribution is -0.153. The van der Waals surface area contributed by atoms with Crippen LogP contribution in [-0.4, -0.2) is 32.0 Å². The minimum Gasteiger partial charge on any atom is -0.489 e. The highest BCUT2D eigenvalue weighted by atomic mass is 19.4. The third-order valence-electron chi connectivity index (χ3n) is 3.67. The molecule has 2 aromatic carbocycles. The van der Waals surface area contributed by atoms with E-state index in [0.717, 1.165) is 12.1 Å². The minimum atomic E-state index is -4.42. The Labute approximate surface area is 163 Å². The predicted octanol–water partition coefficient (Wildman–Crippen LogP) is 4.35. The second-order valence-corrected chi connectivity index (χ2v) is 6.02. The quantitative estimate of drug-likeness (QED) is 0.495. The molecule has 0 aromatic heterocycles. The molecular formula is C19H19F5N2O3. The van der Waals surface area contributed by atoms with E-state index >= 15 is 0 Å². The molecule has 0 spiro atoms. The topological polar surface area (TPSA) is 59.6 Å². The van der Waals surface area contributed by atoms with Crippen LogP contribution in [0.1, 0.15) is 18.5 Å². The summed E-state index contributed by atoms with van der Waals surface area (Å²) in [7, 11) is 0.